The summed E-state index contributed by atoms with van der Waals surface area (Å²) >= 11 is 6.11. The predicted molar refractivity (Wildman–Crippen MR) is 104 cm³/mol. The third kappa shape index (κ3) is 4.14. The molecule has 0 aliphatic carbocycles. The van der Waals surface area contributed by atoms with Crippen molar-refractivity contribution in [1.29, 1.82) is 0 Å². The summed E-state index contributed by atoms with van der Waals surface area (Å²) in [6.45, 7) is 15.1. The SMILES string of the molecule is C=CCN1CCN(C(c2ccc(Cl)cc2)c2nnnn2C(C)(C)C)CC1. The molecule has 0 saturated carbocycles. The van der Waals surface area contributed by atoms with Gasteiger partial charge in [0.1, 0.15) is 0 Å². The van der Waals surface area contributed by atoms with Gasteiger partial charge in [0, 0.05) is 37.7 Å². The van der Waals surface area contributed by atoms with Gasteiger partial charge in [-0.15, -0.1) is 11.7 Å². The van der Waals surface area contributed by atoms with Crippen molar-refractivity contribution >= 4 is 11.6 Å². The van der Waals surface area contributed by atoms with Gasteiger partial charge in [-0.3, -0.25) is 9.80 Å². The molecule has 0 amide bonds. The molecule has 1 atom stereocenters. The highest BCUT2D eigenvalue weighted by atomic mass is 35.5. The first-order valence-corrected chi connectivity index (χ1v) is 9.39. The van der Waals surface area contributed by atoms with Crippen LogP contribution < -0.4 is 0 Å². The van der Waals surface area contributed by atoms with Crippen LogP contribution >= 0.6 is 11.6 Å². The van der Waals surface area contributed by atoms with Gasteiger partial charge in [-0.1, -0.05) is 29.8 Å². The van der Waals surface area contributed by atoms with E-state index in [1.165, 1.54) is 0 Å². The molecule has 6 nitrogen and oxygen atoms in total. The Morgan fingerprint density at radius 1 is 1.15 bits per heavy atom. The standard InChI is InChI=1S/C19H27ClN6/c1-5-10-24-11-13-25(14-12-24)17(15-6-8-16(20)9-7-15)18-21-22-23-26(18)19(2,3)4/h5-9,17H,1,10-14H2,2-4H3. The Kier molecular flexibility index (Phi) is 5.75. The lowest BCUT2D eigenvalue weighted by Crippen LogP contribution is -2.48. The molecule has 3 rings (SSSR count). The fourth-order valence-electron chi connectivity index (χ4n) is 3.40. The van der Waals surface area contributed by atoms with E-state index in [1.807, 2.05) is 22.9 Å². The van der Waals surface area contributed by atoms with E-state index in [0.29, 0.717) is 0 Å². The average molecular weight is 375 g/mol. The van der Waals surface area contributed by atoms with Crippen molar-refractivity contribution in [1.82, 2.24) is 30.0 Å². The number of hydrogen-bond acceptors (Lipinski definition) is 5. The predicted octanol–water partition coefficient (Wildman–Crippen LogP) is 2.97. The smallest absolute Gasteiger partial charge is 0.173 e. The first-order valence-electron chi connectivity index (χ1n) is 9.01. The van der Waals surface area contributed by atoms with Crippen molar-refractivity contribution < 1.29 is 0 Å². The molecule has 1 aromatic heterocycles. The molecule has 0 N–H and O–H groups in total. The van der Waals surface area contributed by atoms with Crippen LogP contribution in [0.2, 0.25) is 5.02 Å². The second-order valence-electron chi connectivity index (χ2n) is 7.70. The molecule has 26 heavy (non-hydrogen) atoms. The van der Waals surface area contributed by atoms with E-state index in [2.05, 4.69) is 64.8 Å². The first kappa shape index (κ1) is 19.0. The number of rotatable bonds is 5. The van der Waals surface area contributed by atoms with Gasteiger partial charge >= 0.3 is 0 Å². The topological polar surface area (TPSA) is 50.1 Å². The van der Waals surface area contributed by atoms with Crippen molar-refractivity contribution in [3.05, 3.63) is 53.3 Å². The molecule has 1 saturated heterocycles. The molecule has 1 fully saturated rings. The molecule has 1 aliphatic rings. The van der Waals surface area contributed by atoms with Gasteiger partial charge in [-0.2, -0.15) is 0 Å². The fraction of sp³-hybridized carbons (Fsp3) is 0.526. The minimum atomic E-state index is -0.186. The summed E-state index contributed by atoms with van der Waals surface area (Å²) in [4.78, 5) is 4.87. The first-order chi connectivity index (χ1) is 12.4. The van der Waals surface area contributed by atoms with Crippen LogP contribution in [-0.2, 0) is 5.54 Å². The molecule has 0 spiro atoms. The molecule has 140 valence electrons. The van der Waals surface area contributed by atoms with E-state index in [4.69, 9.17) is 11.6 Å². The van der Waals surface area contributed by atoms with Crippen LogP contribution in [0, 0.1) is 0 Å². The zero-order valence-corrected chi connectivity index (χ0v) is 16.5. The van der Waals surface area contributed by atoms with Crippen molar-refractivity contribution in [2.75, 3.05) is 32.7 Å². The quantitative estimate of drug-likeness (QED) is 0.753. The second-order valence-corrected chi connectivity index (χ2v) is 8.14. The zero-order chi connectivity index (χ0) is 18.7. The van der Waals surface area contributed by atoms with Crippen LogP contribution in [0.5, 0.6) is 0 Å². The average Bonchev–Trinajstić information content (AvgIpc) is 3.08. The summed E-state index contributed by atoms with van der Waals surface area (Å²) < 4.78 is 1.93. The number of benzene rings is 1. The highest BCUT2D eigenvalue weighted by Crippen LogP contribution is 2.31. The third-order valence-electron chi connectivity index (χ3n) is 4.72. The summed E-state index contributed by atoms with van der Waals surface area (Å²) in [6, 6.07) is 8.02. The number of halogens is 1. The van der Waals surface area contributed by atoms with E-state index < -0.39 is 0 Å². The Hall–Kier alpha value is -1.76. The lowest BCUT2D eigenvalue weighted by atomic mass is 10.0. The molecule has 1 aliphatic heterocycles. The molecular formula is C19H27ClN6. The van der Waals surface area contributed by atoms with Crippen LogP contribution in [0.3, 0.4) is 0 Å². The monoisotopic (exact) mass is 374 g/mol. The van der Waals surface area contributed by atoms with Gasteiger partial charge in [-0.05, 0) is 48.9 Å². The highest BCUT2D eigenvalue weighted by molar-refractivity contribution is 6.30. The van der Waals surface area contributed by atoms with Gasteiger partial charge in [0.05, 0.1) is 11.6 Å². The lowest BCUT2D eigenvalue weighted by Gasteiger charge is -2.39. The number of hydrogen-bond donors (Lipinski definition) is 0. The Morgan fingerprint density at radius 3 is 2.38 bits per heavy atom. The fourth-order valence-corrected chi connectivity index (χ4v) is 3.52. The molecule has 7 heteroatoms. The molecule has 1 aromatic carbocycles. The highest BCUT2D eigenvalue weighted by Gasteiger charge is 2.32. The van der Waals surface area contributed by atoms with Crippen LogP contribution in [0.1, 0.15) is 38.2 Å². The summed E-state index contributed by atoms with van der Waals surface area (Å²) in [7, 11) is 0. The van der Waals surface area contributed by atoms with Gasteiger partial charge in [-0.25, -0.2) is 4.68 Å². The van der Waals surface area contributed by atoms with E-state index in [1.54, 1.807) is 0 Å². The van der Waals surface area contributed by atoms with Gasteiger partial charge in [0.15, 0.2) is 5.82 Å². The number of piperazine rings is 1. The van der Waals surface area contributed by atoms with E-state index >= 15 is 0 Å². The Labute approximate surface area is 160 Å². The number of tetrazole rings is 1. The van der Waals surface area contributed by atoms with E-state index in [0.717, 1.165) is 49.1 Å². The zero-order valence-electron chi connectivity index (χ0n) is 15.8. The van der Waals surface area contributed by atoms with Crippen LogP contribution in [-0.4, -0.2) is 62.7 Å². The van der Waals surface area contributed by atoms with Crippen molar-refractivity contribution in [3.63, 3.8) is 0 Å². The minimum absolute atomic E-state index is 0.00683. The van der Waals surface area contributed by atoms with Crippen LogP contribution in [0.15, 0.2) is 36.9 Å². The normalized spacial score (nSPS) is 18.0. The maximum absolute atomic E-state index is 6.11. The summed E-state index contributed by atoms with van der Waals surface area (Å²) in [5, 5.41) is 13.4. The van der Waals surface area contributed by atoms with Crippen LogP contribution in [0.25, 0.3) is 0 Å². The Balaban J connectivity index is 1.95. The summed E-state index contributed by atoms with van der Waals surface area (Å²) in [5.41, 5.74) is 0.973. The largest absolute Gasteiger partial charge is 0.297 e. The minimum Gasteiger partial charge on any atom is -0.297 e. The van der Waals surface area contributed by atoms with Crippen molar-refractivity contribution in [2.24, 2.45) is 0 Å². The maximum Gasteiger partial charge on any atom is 0.173 e. The third-order valence-corrected chi connectivity index (χ3v) is 4.97. The van der Waals surface area contributed by atoms with Crippen molar-refractivity contribution in [2.45, 2.75) is 32.4 Å². The number of nitrogens with zero attached hydrogens (tertiary/aromatic N) is 6. The molecular weight excluding hydrogens is 348 g/mol. The van der Waals surface area contributed by atoms with Gasteiger partial charge in [0.25, 0.3) is 0 Å². The molecule has 2 heterocycles. The Morgan fingerprint density at radius 2 is 1.81 bits per heavy atom. The van der Waals surface area contributed by atoms with E-state index in [9.17, 15) is 0 Å². The Bertz CT molecular complexity index is 725. The molecule has 0 bridgehead atoms. The molecule has 1 unspecified atom stereocenters. The van der Waals surface area contributed by atoms with Crippen LogP contribution in [0.4, 0.5) is 0 Å². The molecule has 2 aromatic rings. The lowest BCUT2D eigenvalue weighted by molar-refractivity contribution is 0.110. The van der Waals surface area contributed by atoms with Gasteiger partial charge in [0.2, 0.25) is 0 Å². The summed E-state index contributed by atoms with van der Waals surface area (Å²) in [5.74, 6) is 0.872. The second kappa shape index (κ2) is 7.86. The van der Waals surface area contributed by atoms with Gasteiger partial charge < -0.3 is 0 Å². The maximum atomic E-state index is 6.11. The number of aromatic nitrogens is 4. The van der Waals surface area contributed by atoms with Crippen molar-refractivity contribution in [3.8, 4) is 0 Å². The van der Waals surface area contributed by atoms with E-state index in [-0.39, 0.29) is 11.6 Å². The summed E-state index contributed by atoms with van der Waals surface area (Å²) in [6.07, 6.45) is 1.96. The molecule has 0 radical (unpaired) electrons.